The average Bonchev–Trinajstić information content (AvgIpc) is 2.89. The molecule has 1 atom stereocenters. The van der Waals surface area contributed by atoms with Crippen molar-refractivity contribution < 1.29 is 11.2 Å². The fraction of sp³-hybridized carbons (Fsp3) is 0.625. The van der Waals surface area contributed by atoms with Gasteiger partial charge in [-0.1, -0.05) is 0 Å². The molecule has 0 amide bonds. The van der Waals surface area contributed by atoms with Crippen LogP contribution in [0.2, 0.25) is 8.87 Å². The Morgan fingerprint density at radius 2 is 1.60 bits per heavy atom. The molecule has 0 aliphatic carbocycles. The molecule has 0 N–H and O–H groups in total. The van der Waals surface area contributed by atoms with E-state index in [9.17, 15) is 0 Å². The monoisotopic (exact) mass is 386 g/mol. The van der Waals surface area contributed by atoms with Gasteiger partial charge in [-0.2, -0.15) is 0 Å². The molecule has 1 saturated heterocycles. The number of benzene rings is 1. The fourth-order valence-corrected chi connectivity index (χ4v) is 11.9. The van der Waals surface area contributed by atoms with Crippen LogP contribution in [0.5, 0.6) is 0 Å². The Labute approximate surface area is 127 Å². The summed E-state index contributed by atoms with van der Waals surface area (Å²) in [5.41, 5.74) is 2.32. The van der Waals surface area contributed by atoms with E-state index >= 15 is 0 Å². The van der Waals surface area contributed by atoms with E-state index in [1.807, 2.05) is 0 Å². The summed E-state index contributed by atoms with van der Waals surface area (Å²) >= 11 is -2.98. The van der Waals surface area contributed by atoms with Crippen molar-refractivity contribution in [3.8, 4) is 0 Å². The summed E-state index contributed by atoms with van der Waals surface area (Å²) in [5, 5.41) is 0. The van der Waals surface area contributed by atoms with Crippen LogP contribution < -0.4 is 0 Å². The van der Waals surface area contributed by atoms with Crippen LogP contribution in [0.3, 0.4) is 0 Å². The van der Waals surface area contributed by atoms with Gasteiger partial charge in [0.25, 0.3) is 0 Å². The van der Waals surface area contributed by atoms with Crippen LogP contribution in [-0.4, -0.2) is 19.2 Å². The normalized spacial score (nSPS) is 21.2. The van der Waals surface area contributed by atoms with Crippen LogP contribution in [0.25, 0.3) is 0 Å². The fourth-order valence-electron chi connectivity index (χ4n) is 2.43. The van der Waals surface area contributed by atoms with Gasteiger partial charge in [0, 0.05) is 0 Å². The molecule has 1 unspecified atom stereocenters. The van der Waals surface area contributed by atoms with Crippen LogP contribution >= 0.6 is 0 Å². The molecule has 0 bridgehead atoms. The van der Waals surface area contributed by atoms with Crippen LogP contribution in [0.15, 0.2) is 24.3 Å². The van der Waals surface area contributed by atoms with Crippen molar-refractivity contribution in [3.63, 3.8) is 0 Å². The SMILES string of the molecule is CCC[CH2][Sn]1([CH2]CCC)[O]OC(c2ccc(C)cc2)[O]1. The van der Waals surface area contributed by atoms with Crippen molar-refractivity contribution in [1.82, 2.24) is 0 Å². The van der Waals surface area contributed by atoms with Crippen molar-refractivity contribution in [2.24, 2.45) is 0 Å². The topological polar surface area (TPSA) is 27.7 Å². The first kappa shape index (κ1) is 16.3. The molecule has 4 heteroatoms. The standard InChI is InChI=1S/C8H9O3.2C4H9.Sn/c1-6-2-4-7(5-3-6)8(9)11-10;2*1-3-4-2;/h2-5,8,10H,1H3;2*1,3-4H2,2H3;/q-1;;;+2/p-1. The van der Waals surface area contributed by atoms with E-state index in [2.05, 4.69) is 45.0 Å². The van der Waals surface area contributed by atoms with Gasteiger partial charge in [0.1, 0.15) is 0 Å². The van der Waals surface area contributed by atoms with Crippen LogP contribution in [-0.2, 0) is 11.2 Å². The van der Waals surface area contributed by atoms with Gasteiger partial charge in [-0.15, -0.1) is 0 Å². The Morgan fingerprint density at radius 1 is 1.00 bits per heavy atom. The maximum absolute atomic E-state index is 6.34. The van der Waals surface area contributed by atoms with Crippen molar-refractivity contribution in [3.05, 3.63) is 35.4 Å². The molecule has 2 rings (SSSR count). The molecule has 1 aromatic carbocycles. The molecule has 0 spiro atoms. The van der Waals surface area contributed by atoms with E-state index < -0.39 is 19.2 Å². The molecule has 1 fully saturated rings. The van der Waals surface area contributed by atoms with E-state index in [0.29, 0.717) is 0 Å². The Bertz CT molecular complexity index is 397. The number of hydrogen-bond donors (Lipinski definition) is 0. The second-order valence-electron chi connectivity index (χ2n) is 5.66. The zero-order chi connectivity index (χ0) is 14.4. The third-order valence-electron chi connectivity index (χ3n) is 3.78. The van der Waals surface area contributed by atoms with Crippen LogP contribution in [0.4, 0.5) is 0 Å². The van der Waals surface area contributed by atoms with Crippen molar-refractivity contribution in [2.45, 2.75) is 61.6 Å². The molecular formula is C16H26O3Sn. The third kappa shape index (κ3) is 4.20. The molecule has 3 nitrogen and oxygen atoms in total. The van der Waals surface area contributed by atoms with Gasteiger partial charge in [0.05, 0.1) is 0 Å². The Morgan fingerprint density at radius 3 is 2.15 bits per heavy atom. The number of unbranched alkanes of at least 4 members (excludes halogenated alkanes) is 2. The molecule has 1 aliphatic heterocycles. The maximum atomic E-state index is 6.34. The average molecular weight is 385 g/mol. The van der Waals surface area contributed by atoms with Gasteiger partial charge in [-0.3, -0.25) is 0 Å². The van der Waals surface area contributed by atoms with Crippen molar-refractivity contribution >= 4 is 19.2 Å². The molecule has 0 saturated carbocycles. The predicted molar refractivity (Wildman–Crippen MR) is 82.4 cm³/mol. The third-order valence-corrected chi connectivity index (χ3v) is 13.1. The quantitative estimate of drug-likeness (QED) is 0.488. The summed E-state index contributed by atoms with van der Waals surface area (Å²) in [6.07, 6.45) is 4.44. The van der Waals surface area contributed by atoms with Gasteiger partial charge in [-0.25, -0.2) is 0 Å². The van der Waals surface area contributed by atoms with E-state index in [0.717, 1.165) is 14.4 Å². The molecule has 0 radical (unpaired) electrons. The molecule has 1 heterocycles. The minimum atomic E-state index is -2.98. The van der Waals surface area contributed by atoms with E-state index in [4.69, 9.17) is 11.2 Å². The summed E-state index contributed by atoms with van der Waals surface area (Å²) in [5.74, 6) is 0. The van der Waals surface area contributed by atoms with Crippen molar-refractivity contribution in [2.75, 3.05) is 0 Å². The molecule has 1 aliphatic rings. The van der Waals surface area contributed by atoms with Gasteiger partial charge >= 0.3 is 127 Å². The molecular weight excluding hydrogens is 359 g/mol. The Hall–Kier alpha value is -0.101. The van der Waals surface area contributed by atoms with Gasteiger partial charge in [-0.05, 0) is 0 Å². The van der Waals surface area contributed by atoms with Crippen LogP contribution in [0.1, 0.15) is 56.9 Å². The summed E-state index contributed by atoms with van der Waals surface area (Å²) in [6, 6.07) is 8.33. The van der Waals surface area contributed by atoms with E-state index in [1.165, 1.54) is 31.2 Å². The van der Waals surface area contributed by atoms with E-state index in [1.54, 1.807) is 0 Å². The first-order valence-corrected chi connectivity index (χ1v) is 14.1. The molecule has 112 valence electrons. The summed E-state index contributed by atoms with van der Waals surface area (Å²) in [4.78, 5) is 5.56. The number of rotatable bonds is 7. The Kier molecular flexibility index (Phi) is 6.33. The number of aryl methyl sites for hydroxylation is 1. The first-order chi connectivity index (χ1) is 9.69. The minimum absolute atomic E-state index is 0.305. The van der Waals surface area contributed by atoms with Gasteiger partial charge in [0.15, 0.2) is 0 Å². The zero-order valence-electron chi connectivity index (χ0n) is 12.9. The molecule has 1 aromatic rings. The molecule has 0 aromatic heterocycles. The van der Waals surface area contributed by atoms with Crippen LogP contribution in [0, 0.1) is 6.92 Å². The summed E-state index contributed by atoms with van der Waals surface area (Å²) < 4.78 is 14.4. The first-order valence-electron chi connectivity index (χ1n) is 7.78. The number of hydrogen-bond acceptors (Lipinski definition) is 3. The summed E-state index contributed by atoms with van der Waals surface area (Å²) in [7, 11) is 0. The van der Waals surface area contributed by atoms with Gasteiger partial charge < -0.3 is 0 Å². The second kappa shape index (κ2) is 7.78. The molecule has 20 heavy (non-hydrogen) atoms. The van der Waals surface area contributed by atoms with Gasteiger partial charge in [0.2, 0.25) is 0 Å². The van der Waals surface area contributed by atoms with E-state index in [-0.39, 0.29) is 6.29 Å². The predicted octanol–water partition coefficient (Wildman–Crippen LogP) is 5.01. The second-order valence-corrected chi connectivity index (χ2v) is 14.9. The van der Waals surface area contributed by atoms with Crippen molar-refractivity contribution in [1.29, 1.82) is 0 Å². The zero-order valence-corrected chi connectivity index (χ0v) is 15.7. The summed E-state index contributed by atoms with van der Waals surface area (Å²) in [6.45, 7) is 6.52. The Balaban J connectivity index is 2.03.